The van der Waals surface area contributed by atoms with Crippen molar-refractivity contribution in [2.45, 2.75) is 71.6 Å². The second kappa shape index (κ2) is 13.1. The zero-order valence-corrected chi connectivity index (χ0v) is 18.1. The van der Waals surface area contributed by atoms with E-state index in [0.717, 1.165) is 25.0 Å². The summed E-state index contributed by atoms with van der Waals surface area (Å²) in [5, 5.41) is 0. The molecule has 0 rings (SSSR count). The fourth-order valence-electron chi connectivity index (χ4n) is 2.79. The summed E-state index contributed by atoms with van der Waals surface area (Å²) in [5.41, 5.74) is 0.209. The molecule has 28 heavy (non-hydrogen) atoms. The molecule has 0 fully saturated rings. The maximum absolute atomic E-state index is 12.4. The average molecular weight is 398 g/mol. The number of hydrogen-bond donors (Lipinski definition) is 0. The summed E-state index contributed by atoms with van der Waals surface area (Å²) >= 11 is 0. The molecule has 7 nitrogen and oxygen atoms in total. The maximum Gasteiger partial charge on any atom is 0.336 e. The van der Waals surface area contributed by atoms with Gasteiger partial charge in [-0.1, -0.05) is 33.8 Å². The molecule has 0 bridgehead atoms. The van der Waals surface area contributed by atoms with Crippen LogP contribution in [0.2, 0.25) is 0 Å². The molecule has 0 N–H and O–H groups in total. The van der Waals surface area contributed by atoms with Crippen LogP contribution in [0, 0.1) is 0 Å². The minimum Gasteiger partial charge on any atom is -0.463 e. The molecule has 0 amide bonds. The van der Waals surface area contributed by atoms with Crippen molar-refractivity contribution < 1.29 is 28.6 Å². The first kappa shape index (κ1) is 25.9. The van der Waals surface area contributed by atoms with E-state index in [-0.39, 0.29) is 11.6 Å². The van der Waals surface area contributed by atoms with E-state index in [4.69, 9.17) is 14.2 Å². The Kier molecular flexibility index (Phi) is 12.1. The van der Waals surface area contributed by atoms with E-state index in [1.165, 1.54) is 6.92 Å². The molecular weight excluding hydrogens is 362 g/mol. The lowest BCUT2D eigenvalue weighted by Gasteiger charge is -2.41. The van der Waals surface area contributed by atoms with E-state index in [0.29, 0.717) is 25.9 Å². The Morgan fingerprint density at radius 2 is 1.64 bits per heavy atom. The van der Waals surface area contributed by atoms with Crippen LogP contribution in [0.25, 0.3) is 0 Å². The monoisotopic (exact) mass is 397 g/mol. The van der Waals surface area contributed by atoms with E-state index in [2.05, 4.69) is 6.58 Å². The number of carbonyl (C=O) groups is 3. The van der Waals surface area contributed by atoms with E-state index in [1.54, 1.807) is 0 Å². The number of esters is 3. The Labute approximate surface area is 168 Å². The van der Waals surface area contributed by atoms with Crippen LogP contribution >= 0.6 is 0 Å². The third kappa shape index (κ3) is 8.69. The maximum atomic E-state index is 12.4. The summed E-state index contributed by atoms with van der Waals surface area (Å²) in [5.74, 6) is -3.53. The van der Waals surface area contributed by atoms with Crippen molar-refractivity contribution in [3.63, 3.8) is 0 Å². The summed E-state index contributed by atoms with van der Waals surface area (Å²) < 4.78 is 16.2. The van der Waals surface area contributed by atoms with E-state index in [1.807, 2.05) is 39.8 Å². The zero-order chi connectivity index (χ0) is 21.7. The SMILES string of the molecule is C=C(C)C(=O)OC(CCC)(OC(=O)/C=C\C(=O)OCCCC)C(CC)N(C)C. The Hall–Kier alpha value is -2.15. The number of rotatable bonds is 13. The number of likely N-dealkylation sites (N-methyl/N-ethyl adjacent to an activating group) is 1. The van der Waals surface area contributed by atoms with Crippen LogP contribution in [0.4, 0.5) is 0 Å². The molecule has 0 saturated heterocycles. The van der Waals surface area contributed by atoms with Gasteiger partial charge in [0, 0.05) is 24.1 Å². The van der Waals surface area contributed by atoms with Crippen molar-refractivity contribution >= 4 is 17.9 Å². The third-order valence-electron chi connectivity index (χ3n) is 4.10. The van der Waals surface area contributed by atoms with Crippen LogP contribution < -0.4 is 0 Å². The van der Waals surface area contributed by atoms with Crippen LogP contribution in [0.3, 0.4) is 0 Å². The highest BCUT2D eigenvalue weighted by atomic mass is 16.7. The van der Waals surface area contributed by atoms with Gasteiger partial charge in [0.15, 0.2) is 0 Å². The average Bonchev–Trinajstić information content (AvgIpc) is 2.60. The fourth-order valence-corrected chi connectivity index (χ4v) is 2.79. The molecule has 160 valence electrons. The lowest BCUT2D eigenvalue weighted by atomic mass is 9.97. The van der Waals surface area contributed by atoms with E-state index >= 15 is 0 Å². The normalized spacial score (nSPS) is 14.4. The van der Waals surface area contributed by atoms with Gasteiger partial charge in [0.25, 0.3) is 5.79 Å². The highest BCUT2D eigenvalue weighted by Gasteiger charge is 2.46. The Bertz CT molecular complexity index is 569. The first-order chi connectivity index (χ1) is 13.1. The van der Waals surface area contributed by atoms with Gasteiger partial charge in [-0.05, 0) is 40.3 Å². The molecule has 0 aromatic rings. The molecule has 0 aromatic carbocycles. The second-order valence-electron chi connectivity index (χ2n) is 6.89. The van der Waals surface area contributed by atoms with E-state index < -0.39 is 23.7 Å². The summed E-state index contributed by atoms with van der Waals surface area (Å²) in [4.78, 5) is 38.2. The van der Waals surface area contributed by atoms with Crippen molar-refractivity contribution in [2.75, 3.05) is 20.7 Å². The van der Waals surface area contributed by atoms with Crippen molar-refractivity contribution in [1.29, 1.82) is 0 Å². The fraction of sp³-hybridized carbons (Fsp3) is 0.667. The highest BCUT2D eigenvalue weighted by molar-refractivity contribution is 5.92. The minimum atomic E-state index is -1.49. The van der Waals surface area contributed by atoms with Crippen LogP contribution in [0.15, 0.2) is 24.3 Å². The molecule has 0 spiro atoms. The van der Waals surface area contributed by atoms with Crippen LogP contribution in [-0.2, 0) is 28.6 Å². The Morgan fingerprint density at radius 3 is 2.11 bits per heavy atom. The summed E-state index contributed by atoms with van der Waals surface area (Å²) in [6, 6.07) is -0.371. The van der Waals surface area contributed by atoms with Crippen LogP contribution in [0.1, 0.15) is 59.8 Å². The Morgan fingerprint density at radius 1 is 1.04 bits per heavy atom. The summed E-state index contributed by atoms with van der Waals surface area (Å²) in [6.45, 7) is 11.2. The van der Waals surface area contributed by atoms with Crippen LogP contribution in [-0.4, -0.2) is 55.3 Å². The van der Waals surface area contributed by atoms with Crippen molar-refractivity contribution in [3.8, 4) is 0 Å². The van der Waals surface area contributed by atoms with Gasteiger partial charge < -0.3 is 14.2 Å². The van der Waals surface area contributed by atoms with Gasteiger partial charge in [-0.15, -0.1) is 0 Å². The first-order valence-electron chi connectivity index (χ1n) is 9.76. The molecule has 2 atom stereocenters. The number of unbranched alkanes of at least 4 members (excludes halogenated alkanes) is 1. The van der Waals surface area contributed by atoms with Crippen molar-refractivity contribution in [1.82, 2.24) is 4.90 Å². The lowest BCUT2D eigenvalue weighted by Crippen LogP contribution is -2.55. The quantitative estimate of drug-likeness (QED) is 0.204. The molecule has 0 saturated carbocycles. The van der Waals surface area contributed by atoms with Gasteiger partial charge in [0.05, 0.1) is 12.6 Å². The number of hydrogen-bond acceptors (Lipinski definition) is 7. The number of carbonyl (C=O) groups excluding carboxylic acids is 3. The second-order valence-corrected chi connectivity index (χ2v) is 6.89. The largest absolute Gasteiger partial charge is 0.463 e. The number of nitrogens with zero attached hydrogens (tertiary/aromatic N) is 1. The third-order valence-corrected chi connectivity index (χ3v) is 4.10. The Balaban J connectivity index is 5.53. The van der Waals surface area contributed by atoms with Gasteiger partial charge in [0.2, 0.25) is 0 Å². The molecule has 2 unspecified atom stereocenters. The molecular formula is C21H35NO6. The molecule has 0 aliphatic heterocycles. The van der Waals surface area contributed by atoms with Gasteiger partial charge in [-0.3, -0.25) is 4.90 Å². The lowest BCUT2D eigenvalue weighted by molar-refractivity contribution is -0.246. The predicted octanol–water partition coefficient (Wildman–Crippen LogP) is 3.39. The van der Waals surface area contributed by atoms with Gasteiger partial charge in [0.1, 0.15) is 0 Å². The summed E-state index contributed by atoms with van der Waals surface area (Å²) in [6.07, 6.45) is 5.16. The highest BCUT2D eigenvalue weighted by Crippen LogP contribution is 2.30. The van der Waals surface area contributed by atoms with Gasteiger partial charge in [-0.2, -0.15) is 0 Å². The zero-order valence-electron chi connectivity index (χ0n) is 18.1. The summed E-state index contributed by atoms with van der Waals surface area (Å²) in [7, 11) is 3.64. The van der Waals surface area contributed by atoms with Gasteiger partial charge in [-0.25, -0.2) is 14.4 Å². The van der Waals surface area contributed by atoms with Gasteiger partial charge >= 0.3 is 17.9 Å². The van der Waals surface area contributed by atoms with Crippen molar-refractivity contribution in [3.05, 3.63) is 24.3 Å². The number of ether oxygens (including phenoxy) is 3. The molecule has 0 aromatic heterocycles. The molecule has 0 heterocycles. The predicted molar refractivity (Wildman–Crippen MR) is 107 cm³/mol. The molecule has 0 aliphatic rings. The van der Waals surface area contributed by atoms with Crippen molar-refractivity contribution in [2.24, 2.45) is 0 Å². The minimum absolute atomic E-state index is 0.209. The molecule has 0 radical (unpaired) electrons. The van der Waals surface area contributed by atoms with Crippen LogP contribution in [0.5, 0.6) is 0 Å². The smallest absolute Gasteiger partial charge is 0.336 e. The molecule has 7 heteroatoms. The van der Waals surface area contributed by atoms with E-state index in [9.17, 15) is 14.4 Å². The first-order valence-corrected chi connectivity index (χ1v) is 9.76. The standard InChI is InChI=1S/C21H35NO6/c1-8-11-15-26-18(23)12-13-19(24)27-21(14-9-2,17(10-3)22(6)7)28-20(25)16(4)5/h12-13,17H,4,8-11,14-15H2,1-3,5-7H3/b13-12-. The topological polar surface area (TPSA) is 82.1 Å². The molecule has 0 aliphatic carbocycles.